The molecule has 2 heterocycles. The maximum atomic E-state index is 5.79. The molecule has 1 fully saturated rings. The van der Waals surface area contributed by atoms with Gasteiger partial charge in [0.15, 0.2) is 0 Å². The van der Waals surface area contributed by atoms with Crippen molar-refractivity contribution in [3.8, 4) is 0 Å². The summed E-state index contributed by atoms with van der Waals surface area (Å²) in [6.07, 6.45) is 6.17. The van der Waals surface area contributed by atoms with Gasteiger partial charge in [0, 0.05) is 5.25 Å². The van der Waals surface area contributed by atoms with E-state index < -0.39 is 0 Å². The van der Waals surface area contributed by atoms with E-state index >= 15 is 0 Å². The molecule has 18 heavy (non-hydrogen) atoms. The summed E-state index contributed by atoms with van der Waals surface area (Å²) in [6.45, 7) is 5.88. The monoisotopic (exact) mass is 268 g/mol. The van der Waals surface area contributed by atoms with Crippen LogP contribution in [0, 0.1) is 6.92 Å². The molecule has 1 aliphatic heterocycles. The van der Waals surface area contributed by atoms with Gasteiger partial charge >= 0.3 is 0 Å². The lowest BCUT2D eigenvalue weighted by molar-refractivity contribution is 0.251. The largest absolute Gasteiger partial charge is 0.463 e. The van der Waals surface area contributed by atoms with Crippen molar-refractivity contribution in [2.24, 2.45) is 5.73 Å². The minimum Gasteiger partial charge on any atom is -0.463 e. The fraction of sp³-hybridized carbons (Fsp3) is 0.714. The minimum absolute atomic E-state index is 0.500. The summed E-state index contributed by atoms with van der Waals surface area (Å²) in [5.74, 6) is 2.00. The third-order valence-corrected chi connectivity index (χ3v) is 4.88. The number of nitrogens with zero attached hydrogens (tertiary/aromatic N) is 1. The highest BCUT2D eigenvalue weighted by Gasteiger charge is 2.17. The molecule has 0 bridgehead atoms. The van der Waals surface area contributed by atoms with Crippen molar-refractivity contribution in [2.75, 3.05) is 19.3 Å². The van der Waals surface area contributed by atoms with Crippen molar-refractivity contribution in [3.63, 3.8) is 0 Å². The molecule has 1 atom stereocenters. The van der Waals surface area contributed by atoms with Crippen molar-refractivity contribution in [3.05, 3.63) is 23.2 Å². The lowest BCUT2D eigenvalue weighted by Gasteiger charge is -2.18. The molecule has 3 nitrogen and oxygen atoms in total. The van der Waals surface area contributed by atoms with Crippen LogP contribution in [0.15, 0.2) is 10.5 Å². The summed E-state index contributed by atoms with van der Waals surface area (Å²) in [5.41, 5.74) is 6.83. The summed E-state index contributed by atoms with van der Waals surface area (Å²) in [6, 6.07) is 2.14. The van der Waals surface area contributed by atoms with Crippen LogP contribution in [0.5, 0.6) is 0 Å². The van der Waals surface area contributed by atoms with E-state index in [2.05, 4.69) is 24.1 Å². The van der Waals surface area contributed by atoms with Gasteiger partial charge in [-0.05, 0) is 57.2 Å². The van der Waals surface area contributed by atoms with Gasteiger partial charge in [-0.2, -0.15) is 11.8 Å². The molecule has 0 aromatic carbocycles. The van der Waals surface area contributed by atoms with E-state index in [0.29, 0.717) is 6.54 Å². The van der Waals surface area contributed by atoms with Crippen LogP contribution in [0.2, 0.25) is 0 Å². The first-order valence-electron chi connectivity index (χ1n) is 6.76. The smallest absolute Gasteiger partial charge is 0.120 e. The summed E-state index contributed by atoms with van der Waals surface area (Å²) in [5, 5.41) is 0.841. The maximum Gasteiger partial charge on any atom is 0.120 e. The summed E-state index contributed by atoms with van der Waals surface area (Å²) in [7, 11) is 0. The molecule has 2 N–H and O–H groups in total. The van der Waals surface area contributed by atoms with Gasteiger partial charge < -0.3 is 10.2 Å². The standard InChI is InChI=1S/C14H24N2OS/c1-11-8-12(17-14(11)9-15)10-16-6-3-4-13(18-2)5-7-16/h8,13H,3-7,9-10,15H2,1-2H3. The Balaban J connectivity index is 1.92. The third-order valence-electron chi connectivity index (χ3n) is 3.74. The minimum atomic E-state index is 0.500. The predicted molar refractivity (Wildman–Crippen MR) is 77.8 cm³/mol. The van der Waals surface area contributed by atoms with E-state index in [0.717, 1.165) is 23.3 Å². The van der Waals surface area contributed by atoms with Gasteiger partial charge in [0.25, 0.3) is 0 Å². The van der Waals surface area contributed by atoms with Crippen LogP contribution in [-0.4, -0.2) is 29.5 Å². The fourth-order valence-electron chi connectivity index (χ4n) is 2.61. The van der Waals surface area contributed by atoms with Gasteiger partial charge in [-0.3, -0.25) is 4.90 Å². The highest BCUT2D eigenvalue weighted by Crippen LogP contribution is 2.23. The number of aryl methyl sites for hydroxylation is 1. The first-order valence-corrected chi connectivity index (χ1v) is 8.05. The van der Waals surface area contributed by atoms with Crippen LogP contribution in [0.1, 0.15) is 36.3 Å². The molecule has 1 aromatic heterocycles. The summed E-state index contributed by atoms with van der Waals surface area (Å²) < 4.78 is 5.79. The number of thioether (sulfide) groups is 1. The van der Waals surface area contributed by atoms with Crippen LogP contribution in [0.25, 0.3) is 0 Å². The Labute approximate surface area is 114 Å². The number of hydrogen-bond acceptors (Lipinski definition) is 4. The van der Waals surface area contributed by atoms with Crippen LogP contribution in [0.4, 0.5) is 0 Å². The molecule has 102 valence electrons. The fourth-order valence-corrected chi connectivity index (χ4v) is 3.35. The second-order valence-corrected chi connectivity index (χ2v) is 6.23. The van der Waals surface area contributed by atoms with Gasteiger partial charge in [-0.15, -0.1) is 0 Å². The average Bonchev–Trinajstić information content (AvgIpc) is 2.59. The third kappa shape index (κ3) is 3.53. The van der Waals surface area contributed by atoms with E-state index in [9.17, 15) is 0 Å². The zero-order valence-corrected chi connectivity index (χ0v) is 12.3. The first-order chi connectivity index (χ1) is 8.72. The Morgan fingerprint density at radius 1 is 1.44 bits per heavy atom. The second-order valence-electron chi connectivity index (χ2n) is 5.09. The Hall–Kier alpha value is -0.450. The zero-order valence-electron chi connectivity index (χ0n) is 11.4. The molecule has 0 radical (unpaired) electrons. The molecule has 4 heteroatoms. The van der Waals surface area contributed by atoms with E-state index in [4.69, 9.17) is 10.2 Å². The number of furan rings is 1. The SMILES string of the molecule is CSC1CCCN(Cc2cc(C)c(CN)o2)CC1. The number of likely N-dealkylation sites (tertiary alicyclic amines) is 1. The van der Waals surface area contributed by atoms with E-state index in [1.165, 1.54) is 37.9 Å². The lowest BCUT2D eigenvalue weighted by atomic mass is 10.2. The van der Waals surface area contributed by atoms with Crippen LogP contribution >= 0.6 is 11.8 Å². The Bertz CT molecular complexity index is 378. The number of hydrogen-bond donors (Lipinski definition) is 1. The highest BCUT2D eigenvalue weighted by molar-refractivity contribution is 7.99. The molecule has 0 amide bonds. The van der Waals surface area contributed by atoms with Gasteiger partial charge in [-0.1, -0.05) is 0 Å². The summed E-state index contributed by atoms with van der Waals surface area (Å²) in [4.78, 5) is 2.51. The molecule has 0 saturated carbocycles. The van der Waals surface area contributed by atoms with Gasteiger partial charge in [0.1, 0.15) is 11.5 Å². The lowest BCUT2D eigenvalue weighted by Crippen LogP contribution is -2.24. The summed E-state index contributed by atoms with van der Waals surface area (Å²) >= 11 is 2.01. The zero-order chi connectivity index (χ0) is 13.0. The first kappa shape index (κ1) is 14.0. The molecule has 1 unspecified atom stereocenters. The molecular formula is C14H24N2OS. The van der Waals surface area contributed by atoms with Crippen LogP contribution in [-0.2, 0) is 13.1 Å². The van der Waals surface area contributed by atoms with Crippen molar-refractivity contribution in [1.29, 1.82) is 0 Å². The molecular weight excluding hydrogens is 244 g/mol. The van der Waals surface area contributed by atoms with Crippen LogP contribution < -0.4 is 5.73 Å². The Morgan fingerprint density at radius 3 is 2.94 bits per heavy atom. The van der Waals surface area contributed by atoms with Crippen molar-refractivity contribution >= 4 is 11.8 Å². The van der Waals surface area contributed by atoms with Gasteiger partial charge in [0.05, 0.1) is 13.1 Å². The average molecular weight is 268 g/mol. The maximum absolute atomic E-state index is 5.79. The van der Waals surface area contributed by atoms with E-state index in [1.54, 1.807) is 0 Å². The second kappa shape index (κ2) is 6.64. The number of rotatable bonds is 4. The van der Waals surface area contributed by atoms with Crippen molar-refractivity contribution in [2.45, 2.75) is 44.5 Å². The van der Waals surface area contributed by atoms with Crippen molar-refractivity contribution in [1.82, 2.24) is 4.90 Å². The van der Waals surface area contributed by atoms with Gasteiger partial charge in [0.2, 0.25) is 0 Å². The molecule has 0 spiro atoms. The van der Waals surface area contributed by atoms with Gasteiger partial charge in [-0.25, -0.2) is 0 Å². The number of nitrogens with two attached hydrogens (primary N) is 1. The highest BCUT2D eigenvalue weighted by atomic mass is 32.2. The molecule has 2 rings (SSSR count). The molecule has 1 aliphatic rings. The van der Waals surface area contributed by atoms with Crippen LogP contribution in [0.3, 0.4) is 0 Å². The quantitative estimate of drug-likeness (QED) is 0.912. The molecule has 0 aliphatic carbocycles. The normalized spacial score (nSPS) is 22.1. The Morgan fingerprint density at radius 2 is 2.28 bits per heavy atom. The Kier molecular flexibility index (Phi) is 5.15. The molecule has 1 aromatic rings. The van der Waals surface area contributed by atoms with E-state index in [-0.39, 0.29) is 0 Å². The molecule has 1 saturated heterocycles. The predicted octanol–water partition coefficient (Wildman–Crippen LogP) is 2.76. The van der Waals surface area contributed by atoms with E-state index in [1.807, 2.05) is 11.8 Å². The topological polar surface area (TPSA) is 42.4 Å². The van der Waals surface area contributed by atoms with Crippen molar-refractivity contribution < 1.29 is 4.42 Å².